The van der Waals surface area contributed by atoms with Crippen molar-refractivity contribution in [1.82, 2.24) is 5.32 Å². The minimum absolute atomic E-state index is 0.254. The molecule has 1 atom stereocenters. The van der Waals surface area contributed by atoms with Crippen molar-refractivity contribution in [3.63, 3.8) is 0 Å². The quantitative estimate of drug-likeness (QED) is 0.539. The lowest BCUT2D eigenvalue weighted by Crippen LogP contribution is -2.25. The number of benzene rings is 2. The van der Waals surface area contributed by atoms with Gasteiger partial charge in [-0.05, 0) is 58.6 Å². The van der Waals surface area contributed by atoms with Crippen molar-refractivity contribution < 1.29 is 14.2 Å². The van der Waals surface area contributed by atoms with Crippen LogP contribution in [0.4, 0.5) is 0 Å². The Balaban J connectivity index is 1.66. The molecule has 1 aliphatic rings. The molecule has 1 fully saturated rings. The summed E-state index contributed by atoms with van der Waals surface area (Å²) in [5.41, 5.74) is 1.84. The molecule has 7 heteroatoms. The number of nitrogens with one attached hydrogen (secondary N) is 1. The van der Waals surface area contributed by atoms with Crippen LogP contribution >= 0.6 is 39.1 Å². The van der Waals surface area contributed by atoms with E-state index in [1.54, 1.807) is 19.2 Å². The highest BCUT2D eigenvalue weighted by atomic mass is 79.9. The molecule has 0 amide bonds. The van der Waals surface area contributed by atoms with Gasteiger partial charge in [-0.3, -0.25) is 0 Å². The maximum atomic E-state index is 6.22. The van der Waals surface area contributed by atoms with Crippen LogP contribution in [-0.4, -0.2) is 26.4 Å². The van der Waals surface area contributed by atoms with E-state index in [4.69, 9.17) is 37.4 Å². The zero-order valence-corrected chi connectivity index (χ0v) is 18.2. The molecular weight excluding hydrogens is 453 g/mol. The lowest BCUT2D eigenvalue weighted by Gasteiger charge is -2.16. The molecule has 2 aromatic carbocycles. The normalized spacial score (nSPS) is 16.5. The highest BCUT2D eigenvalue weighted by Crippen LogP contribution is 2.38. The molecule has 3 rings (SSSR count). The van der Waals surface area contributed by atoms with E-state index in [0.717, 1.165) is 48.1 Å². The van der Waals surface area contributed by atoms with Gasteiger partial charge in [0, 0.05) is 35.3 Å². The number of halogens is 3. The lowest BCUT2D eigenvalue weighted by molar-refractivity contribution is 0.110. The van der Waals surface area contributed by atoms with Gasteiger partial charge in [-0.1, -0.05) is 29.3 Å². The smallest absolute Gasteiger partial charge is 0.175 e. The second kappa shape index (κ2) is 9.99. The summed E-state index contributed by atoms with van der Waals surface area (Å²) in [7, 11) is 1.63. The van der Waals surface area contributed by atoms with Gasteiger partial charge in [-0.15, -0.1) is 0 Å². The Morgan fingerprint density at radius 3 is 2.70 bits per heavy atom. The van der Waals surface area contributed by atoms with Gasteiger partial charge in [0.2, 0.25) is 0 Å². The summed E-state index contributed by atoms with van der Waals surface area (Å²) in [6.07, 6.45) is 2.59. The summed E-state index contributed by atoms with van der Waals surface area (Å²) in [4.78, 5) is 0. The lowest BCUT2D eigenvalue weighted by atomic mass is 10.2. The molecule has 4 nitrogen and oxygen atoms in total. The monoisotopic (exact) mass is 473 g/mol. The SMILES string of the molecule is COc1cc(CNCC2CCCO2)cc(Br)c1OCc1c(Cl)cccc1Cl. The fourth-order valence-electron chi connectivity index (χ4n) is 3.01. The third kappa shape index (κ3) is 5.52. The maximum absolute atomic E-state index is 6.22. The van der Waals surface area contributed by atoms with Crippen molar-refractivity contribution in [2.24, 2.45) is 0 Å². The third-order valence-corrected chi connectivity index (χ3v) is 5.73. The fourth-order valence-corrected chi connectivity index (χ4v) is 4.12. The van der Waals surface area contributed by atoms with Crippen molar-refractivity contribution in [3.05, 3.63) is 56.0 Å². The Morgan fingerprint density at radius 1 is 1.26 bits per heavy atom. The van der Waals surface area contributed by atoms with E-state index in [-0.39, 0.29) is 6.61 Å². The first-order valence-electron chi connectivity index (χ1n) is 8.83. The molecule has 27 heavy (non-hydrogen) atoms. The minimum atomic E-state index is 0.254. The summed E-state index contributed by atoms with van der Waals surface area (Å²) < 4.78 is 17.9. The van der Waals surface area contributed by atoms with Crippen molar-refractivity contribution >= 4 is 39.1 Å². The number of methoxy groups -OCH3 is 1. The van der Waals surface area contributed by atoms with Gasteiger partial charge in [0.05, 0.1) is 17.7 Å². The molecule has 0 aliphatic carbocycles. The first-order valence-corrected chi connectivity index (χ1v) is 10.4. The zero-order chi connectivity index (χ0) is 19.2. The molecule has 0 saturated carbocycles. The molecule has 0 aromatic heterocycles. The molecule has 146 valence electrons. The molecule has 1 unspecified atom stereocenters. The van der Waals surface area contributed by atoms with E-state index in [2.05, 4.69) is 21.2 Å². The average Bonchev–Trinajstić information content (AvgIpc) is 3.15. The molecule has 2 aromatic rings. The zero-order valence-electron chi connectivity index (χ0n) is 15.1. The van der Waals surface area contributed by atoms with E-state index in [1.165, 1.54) is 0 Å². The van der Waals surface area contributed by atoms with Crippen LogP contribution < -0.4 is 14.8 Å². The van der Waals surface area contributed by atoms with Crippen LogP contribution in [0.15, 0.2) is 34.8 Å². The van der Waals surface area contributed by atoms with Crippen molar-refractivity contribution in [3.8, 4) is 11.5 Å². The number of hydrogen-bond acceptors (Lipinski definition) is 4. The van der Waals surface area contributed by atoms with Gasteiger partial charge in [0.15, 0.2) is 11.5 Å². The predicted octanol–water partition coefficient (Wildman–Crippen LogP) is 5.61. The molecule has 1 saturated heterocycles. The van der Waals surface area contributed by atoms with Crippen molar-refractivity contribution in [2.75, 3.05) is 20.3 Å². The molecule has 1 aliphatic heterocycles. The highest BCUT2D eigenvalue weighted by molar-refractivity contribution is 9.10. The Hall–Kier alpha value is -0.980. The van der Waals surface area contributed by atoms with Gasteiger partial charge >= 0.3 is 0 Å². The van der Waals surface area contributed by atoms with Gasteiger partial charge in [0.1, 0.15) is 6.61 Å². The van der Waals surface area contributed by atoms with E-state index in [1.807, 2.05) is 18.2 Å². The highest BCUT2D eigenvalue weighted by Gasteiger charge is 2.16. The van der Waals surface area contributed by atoms with Crippen LogP contribution in [0.5, 0.6) is 11.5 Å². The van der Waals surface area contributed by atoms with Crippen molar-refractivity contribution in [1.29, 1.82) is 0 Å². The first-order chi connectivity index (χ1) is 13.1. The minimum Gasteiger partial charge on any atom is -0.493 e. The van der Waals surface area contributed by atoms with Crippen LogP contribution in [0.2, 0.25) is 10.0 Å². The largest absolute Gasteiger partial charge is 0.493 e. The fraction of sp³-hybridized carbons (Fsp3) is 0.400. The average molecular weight is 475 g/mol. The topological polar surface area (TPSA) is 39.7 Å². The van der Waals surface area contributed by atoms with Crippen LogP contribution in [0.25, 0.3) is 0 Å². The molecule has 0 bridgehead atoms. The van der Waals surface area contributed by atoms with E-state index >= 15 is 0 Å². The molecule has 0 spiro atoms. The summed E-state index contributed by atoms with van der Waals surface area (Å²) in [6, 6.07) is 9.39. The number of hydrogen-bond donors (Lipinski definition) is 1. The molecular formula is C20H22BrCl2NO3. The Kier molecular flexibility index (Phi) is 7.67. The van der Waals surface area contributed by atoms with Crippen LogP contribution in [0.3, 0.4) is 0 Å². The van der Waals surface area contributed by atoms with Gasteiger partial charge < -0.3 is 19.5 Å². The standard InChI is InChI=1S/C20H22BrCl2NO3/c1-25-19-9-13(10-24-11-14-4-3-7-26-14)8-16(21)20(19)27-12-15-17(22)5-2-6-18(15)23/h2,5-6,8-9,14,24H,3-4,7,10-12H2,1H3. The van der Waals surface area contributed by atoms with Crippen LogP contribution in [0.1, 0.15) is 24.0 Å². The summed E-state index contributed by atoms with van der Waals surface area (Å²) in [5.74, 6) is 1.28. The summed E-state index contributed by atoms with van der Waals surface area (Å²) in [6.45, 7) is 2.70. The van der Waals surface area contributed by atoms with Gasteiger partial charge in [0.25, 0.3) is 0 Å². The van der Waals surface area contributed by atoms with Crippen LogP contribution in [0, 0.1) is 0 Å². The van der Waals surface area contributed by atoms with E-state index in [0.29, 0.717) is 27.6 Å². The molecule has 1 N–H and O–H groups in total. The Morgan fingerprint density at radius 2 is 2.04 bits per heavy atom. The second-order valence-electron chi connectivity index (χ2n) is 6.36. The van der Waals surface area contributed by atoms with E-state index in [9.17, 15) is 0 Å². The van der Waals surface area contributed by atoms with Gasteiger partial charge in [-0.2, -0.15) is 0 Å². The Labute approximate surface area is 178 Å². The summed E-state index contributed by atoms with van der Waals surface area (Å²) in [5, 5.41) is 4.59. The molecule has 1 heterocycles. The van der Waals surface area contributed by atoms with Crippen molar-refractivity contribution in [2.45, 2.75) is 32.1 Å². The Bertz CT molecular complexity index is 762. The number of ether oxygens (including phenoxy) is 3. The predicted molar refractivity (Wildman–Crippen MR) is 112 cm³/mol. The first kappa shape index (κ1) is 20.7. The molecule has 0 radical (unpaired) electrons. The third-order valence-electron chi connectivity index (χ3n) is 4.44. The second-order valence-corrected chi connectivity index (χ2v) is 8.03. The van der Waals surface area contributed by atoms with Gasteiger partial charge in [-0.25, -0.2) is 0 Å². The van der Waals surface area contributed by atoms with E-state index < -0.39 is 0 Å². The number of rotatable bonds is 8. The summed E-state index contributed by atoms with van der Waals surface area (Å²) >= 11 is 16.0. The van der Waals surface area contributed by atoms with Crippen LogP contribution in [-0.2, 0) is 17.9 Å². The maximum Gasteiger partial charge on any atom is 0.175 e.